The number of rotatable bonds is 10. The van der Waals surface area contributed by atoms with Crippen molar-refractivity contribution in [3.63, 3.8) is 0 Å². The SMILES string of the molecule is COc1ccc(-c2cn[nH]n2)cc1C(=O)N1CCC(CCN2CCC(NC(=O)N3CCCC(C(=O)O)C3)(c3ccncc3)CC2)(c2ccc(Cl)c(Cl)c2)C1. The number of amides is 3. The molecule has 5 heterocycles. The van der Waals surface area contributed by atoms with Gasteiger partial charge < -0.3 is 29.9 Å². The number of benzene rings is 2. The van der Waals surface area contributed by atoms with Crippen LogP contribution >= 0.6 is 23.2 Å². The number of methoxy groups -OCH3 is 1. The number of urea groups is 1. The fourth-order valence-corrected chi connectivity index (χ4v) is 8.63. The minimum absolute atomic E-state index is 0.127. The van der Waals surface area contributed by atoms with Crippen LogP contribution in [-0.4, -0.2) is 111 Å². The van der Waals surface area contributed by atoms with E-state index in [-0.39, 0.29) is 23.9 Å². The first-order valence-electron chi connectivity index (χ1n) is 18.3. The second kappa shape index (κ2) is 15.9. The number of carboxylic acids is 1. The van der Waals surface area contributed by atoms with Gasteiger partial charge in [0.1, 0.15) is 11.4 Å². The van der Waals surface area contributed by atoms with Crippen LogP contribution in [0.4, 0.5) is 4.79 Å². The number of likely N-dealkylation sites (tertiary alicyclic amines) is 3. The van der Waals surface area contributed by atoms with E-state index in [2.05, 4.69) is 30.6 Å². The molecule has 0 bridgehead atoms. The van der Waals surface area contributed by atoms with Gasteiger partial charge in [-0.15, -0.1) is 0 Å². The molecule has 0 radical (unpaired) electrons. The molecule has 3 aliphatic rings. The minimum Gasteiger partial charge on any atom is -0.496 e. The number of aromatic nitrogens is 4. The van der Waals surface area contributed by atoms with Crippen molar-refractivity contribution in [1.82, 2.24) is 40.4 Å². The second-order valence-electron chi connectivity index (χ2n) is 14.6. The first kappa shape index (κ1) is 37.6. The Kier molecular flexibility index (Phi) is 11.1. The molecule has 3 N–H and O–H groups in total. The van der Waals surface area contributed by atoms with Gasteiger partial charge in [-0.1, -0.05) is 29.3 Å². The van der Waals surface area contributed by atoms with Crippen LogP contribution in [0.5, 0.6) is 5.75 Å². The molecule has 284 valence electrons. The number of carbonyl (C=O) groups excluding carboxylic acids is 2. The smallest absolute Gasteiger partial charge is 0.318 e. The molecule has 3 saturated heterocycles. The maximum Gasteiger partial charge on any atom is 0.318 e. The zero-order valence-corrected chi connectivity index (χ0v) is 31.7. The van der Waals surface area contributed by atoms with Crippen LogP contribution in [-0.2, 0) is 15.7 Å². The van der Waals surface area contributed by atoms with Gasteiger partial charge in [-0.05, 0) is 98.7 Å². The lowest BCUT2D eigenvalue weighted by molar-refractivity contribution is -0.143. The third-order valence-electron chi connectivity index (χ3n) is 11.6. The number of aromatic amines is 1. The van der Waals surface area contributed by atoms with Crippen molar-refractivity contribution in [2.24, 2.45) is 5.92 Å². The summed E-state index contributed by atoms with van der Waals surface area (Å²) in [6.07, 6.45) is 9.18. The summed E-state index contributed by atoms with van der Waals surface area (Å²) >= 11 is 13.0. The molecule has 2 aromatic carbocycles. The Labute approximate surface area is 324 Å². The van der Waals surface area contributed by atoms with E-state index in [4.69, 9.17) is 27.9 Å². The maximum absolute atomic E-state index is 14.2. The standard InChI is InChI=1S/C39H44Cl2N8O5/c1-54-34-7-4-26(33-23-43-46-45-33)21-30(34)35(50)49-20-11-38(25-49,29-5-6-31(40)32(41)22-29)10-17-47-18-12-39(13-19-47,28-8-14-42-15-9-28)44-37(53)48-16-2-3-27(24-48)36(51)52/h4-9,14-15,21-23,27H,2-3,10-13,16-20,24-25H2,1H3,(H,44,53)(H,51,52)(H,43,45,46). The summed E-state index contributed by atoms with van der Waals surface area (Å²) in [7, 11) is 1.56. The van der Waals surface area contributed by atoms with E-state index in [1.54, 1.807) is 42.7 Å². The molecule has 2 aromatic heterocycles. The summed E-state index contributed by atoms with van der Waals surface area (Å²) < 4.78 is 5.63. The number of H-pyrrole nitrogens is 1. The average Bonchev–Trinajstić information content (AvgIpc) is 3.91. The van der Waals surface area contributed by atoms with E-state index in [1.165, 1.54) is 0 Å². The number of halogens is 2. The molecule has 4 aromatic rings. The van der Waals surface area contributed by atoms with Gasteiger partial charge >= 0.3 is 12.0 Å². The van der Waals surface area contributed by atoms with Gasteiger partial charge in [0.15, 0.2) is 0 Å². The predicted molar refractivity (Wildman–Crippen MR) is 204 cm³/mol. The molecular formula is C39H44Cl2N8O5. The number of nitrogens with one attached hydrogen (secondary N) is 2. The van der Waals surface area contributed by atoms with Crippen molar-refractivity contribution in [2.45, 2.75) is 49.5 Å². The van der Waals surface area contributed by atoms with Crippen molar-refractivity contribution in [1.29, 1.82) is 0 Å². The number of piperidine rings is 2. The highest BCUT2D eigenvalue weighted by molar-refractivity contribution is 6.42. The molecule has 13 nitrogen and oxygen atoms in total. The Balaban J connectivity index is 1.08. The van der Waals surface area contributed by atoms with E-state index in [0.29, 0.717) is 72.4 Å². The lowest BCUT2D eigenvalue weighted by atomic mass is 9.76. The molecule has 2 atom stereocenters. The Morgan fingerprint density at radius 3 is 2.46 bits per heavy atom. The number of carbonyl (C=O) groups is 3. The Bertz CT molecular complexity index is 1970. The van der Waals surface area contributed by atoms with Crippen LogP contribution in [0.3, 0.4) is 0 Å². The number of pyridine rings is 1. The Hall–Kier alpha value is -4.72. The van der Waals surface area contributed by atoms with Crippen LogP contribution in [0.2, 0.25) is 10.0 Å². The topological polar surface area (TPSA) is 157 Å². The summed E-state index contributed by atoms with van der Waals surface area (Å²) in [4.78, 5) is 49.8. The zero-order chi connectivity index (χ0) is 37.9. The highest BCUT2D eigenvalue weighted by atomic mass is 35.5. The number of hydrogen-bond acceptors (Lipinski definition) is 8. The van der Waals surface area contributed by atoms with Crippen LogP contribution in [0.1, 0.15) is 60.0 Å². The average molecular weight is 776 g/mol. The van der Waals surface area contributed by atoms with Crippen LogP contribution in [0, 0.1) is 5.92 Å². The Morgan fingerprint density at radius 1 is 0.963 bits per heavy atom. The number of ether oxygens (including phenoxy) is 1. The van der Waals surface area contributed by atoms with Gasteiger partial charge in [-0.3, -0.25) is 14.6 Å². The van der Waals surface area contributed by atoms with Crippen molar-refractivity contribution < 1.29 is 24.2 Å². The monoisotopic (exact) mass is 774 g/mol. The van der Waals surface area contributed by atoms with Gasteiger partial charge in [-0.25, -0.2) is 4.79 Å². The molecule has 3 amide bonds. The quantitative estimate of drug-likeness (QED) is 0.180. The normalized spacial score (nSPS) is 21.5. The highest BCUT2D eigenvalue weighted by Crippen LogP contribution is 2.42. The summed E-state index contributed by atoms with van der Waals surface area (Å²) in [6, 6.07) is 14.9. The molecule has 0 aliphatic carbocycles. The number of aliphatic carboxylic acids is 1. The minimum atomic E-state index is -0.866. The van der Waals surface area contributed by atoms with Crippen LogP contribution < -0.4 is 10.1 Å². The summed E-state index contributed by atoms with van der Waals surface area (Å²) in [5.41, 5.74) is 2.85. The fourth-order valence-electron chi connectivity index (χ4n) is 8.34. The lowest BCUT2D eigenvalue weighted by Crippen LogP contribution is -2.57. The fraction of sp³-hybridized carbons (Fsp3) is 0.436. The van der Waals surface area contributed by atoms with Gasteiger partial charge in [0.05, 0.1) is 40.4 Å². The Morgan fingerprint density at radius 2 is 1.76 bits per heavy atom. The molecular weight excluding hydrogens is 731 g/mol. The molecule has 15 heteroatoms. The largest absolute Gasteiger partial charge is 0.496 e. The first-order valence-corrected chi connectivity index (χ1v) is 19.1. The van der Waals surface area contributed by atoms with Gasteiger partial charge in [0.25, 0.3) is 5.91 Å². The summed E-state index contributed by atoms with van der Waals surface area (Å²) in [6.45, 7) is 3.99. The zero-order valence-electron chi connectivity index (χ0n) is 30.1. The van der Waals surface area contributed by atoms with E-state index < -0.39 is 17.4 Å². The van der Waals surface area contributed by atoms with E-state index >= 15 is 0 Å². The van der Waals surface area contributed by atoms with E-state index in [0.717, 1.165) is 49.2 Å². The summed E-state index contributed by atoms with van der Waals surface area (Å²) in [5, 5.41) is 24.6. The predicted octanol–water partition coefficient (Wildman–Crippen LogP) is 5.85. The summed E-state index contributed by atoms with van der Waals surface area (Å²) in [5.74, 6) is -1.06. The number of carboxylic acid groups (broad SMARTS) is 1. The molecule has 0 saturated carbocycles. The lowest BCUT2D eigenvalue weighted by Gasteiger charge is -2.45. The van der Waals surface area contributed by atoms with Crippen LogP contribution in [0.15, 0.2) is 67.1 Å². The molecule has 7 rings (SSSR count). The molecule has 3 aliphatic heterocycles. The third-order valence-corrected chi connectivity index (χ3v) is 12.3. The highest BCUT2D eigenvalue weighted by Gasteiger charge is 2.44. The van der Waals surface area contributed by atoms with Crippen molar-refractivity contribution in [2.75, 3.05) is 52.9 Å². The van der Waals surface area contributed by atoms with Gasteiger partial charge in [0.2, 0.25) is 0 Å². The molecule has 54 heavy (non-hydrogen) atoms. The van der Waals surface area contributed by atoms with Crippen molar-refractivity contribution >= 4 is 41.1 Å². The second-order valence-corrected chi connectivity index (χ2v) is 15.4. The van der Waals surface area contributed by atoms with Crippen molar-refractivity contribution in [3.05, 3.63) is 93.9 Å². The van der Waals surface area contributed by atoms with Crippen molar-refractivity contribution in [3.8, 4) is 17.0 Å². The first-order chi connectivity index (χ1) is 26.1. The van der Waals surface area contributed by atoms with E-state index in [1.807, 2.05) is 41.3 Å². The van der Waals surface area contributed by atoms with Gasteiger partial charge in [-0.2, -0.15) is 15.4 Å². The number of nitrogens with zero attached hydrogens (tertiary/aromatic N) is 6. The van der Waals surface area contributed by atoms with Crippen LogP contribution in [0.25, 0.3) is 11.3 Å². The third kappa shape index (κ3) is 7.75. The number of hydrogen-bond donors (Lipinski definition) is 3. The van der Waals surface area contributed by atoms with E-state index in [9.17, 15) is 19.5 Å². The molecule has 0 spiro atoms. The molecule has 2 unspecified atom stereocenters. The molecule has 3 fully saturated rings. The maximum atomic E-state index is 14.2. The van der Waals surface area contributed by atoms with Gasteiger partial charge in [0, 0.05) is 62.6 Å².